The fraction of sp³-hybridized carbons (Fsp3) is 0.125. The molecule has 0 aliphatic carbocycles. The van der Waals surface area contributed by atoms with Gasteiger partial charge in [0.05, 0.1) is 4.92 Å². The fourth-order valence-corrected chi connectivity index (χ4v) is 2.18. The summed E-state index contributed by atoms with van der Waals surface area (Å²) in [6, 6.07) is 1.89. The minimum absolute atomic E-state index is 0.0461. The third-order valence-corrected chi connectivity index (χ3v) is 3.29. The Balaban J connectivity index is 3.69. The molecule has 8 heteroatoms. The van der Waals surface area contributed by atoms with E-state index in [1.54, 1.807) is 0 Å². The fourth-order valence-electron chi connectivity index (χ4n) is 1.15. The Morgan fingerprint density at radius 3 is 2.38 bits per heavy atom. The van der Waals surface area contributed by atoms with Crippen molar-refractivity contribution in [1.82, 2.24) is 0 Å². The predicted octanol–water partition coefficient (Wildman–Crippen LogP) is 1.64. The highest BCUT2D eigenvalue weighted by Gasteiger charge is 2.25. The molecular formula is C8H6ClNO5S. The van der Waals surface area contributed by atoms with Crippen LogP contribution in [0.25, 0.3) is 0 Å². The number of rotatable bonds is 3. The Bertz CT molecular complexity index is 566. The number of nitrogens with zero attached hydrogens (tertiary/aromatic N) is 1. The lowest BCUT2D eigenvalue weighted by atomic mass is 10.1. The number of halogens is 1. The molecule has 0 spiro atoms. The second-order valence-corrected chi connectivity index (χ2v) is 5.52. The second-order valence-electron chi connectivity index (χ2n) is 2.99. The van der Waals surface area contributed by atoms with E-state index in [0.29, 0.717) is 11.8 Å². The van der Waals surface area contributed by atoms with E-state index in [0.717, 1.165) is 12.1 Å². The normalized spacial score (nSPS) is 11.1. The first kappa shape index (κ1) is 12.6. The van der Waals surface area contributed by atoms with Crippen LogP contribution in [0.5, 0.6) is 0 Å². The summed E-state index contributed by atoms with van der Waals surface area (Å²) in [6.07, 6.45) is 0.407. The van der Waals surface area contributed by atoms with Crippen molar-refractivity contribution < 1.29 is 18.1 Å². The molecule has 0 radical (unpaired) electrons. The summed E-state index contributed by atoms with van der Waals surface area (Å²) in [5.41, 5.74) is -0.284. The Labute approximate surface area is 95.4 Å². The molecule has 86 valence electrons. The molecule has 0 unspecified atom stereocenters. The Hall–Kier alpha value is -1.47. The number of benzene rings is 1. The average Bonchev–Trinajstić information content (AvgIpc) is 2.15. The third kappa shape index (κ3) is 2.37. The zero-order valence-electron chi connectivity index (χ0n) is 8.01. The van der Waals surface area contributed by atoms with Crippen molar-refractivity contribution in [2.45, 2.75) is 11.8 Å². The lowest BCUT2D eigenvalue weighted by Crippen LogP contribution is -2.01. The van der Waals surface area contributed by atoms with Gasteiger partial charge in [0, 0.05) is 22.3 Å². The summed E-state index contributed by atoms with van der Waals surface area (Å²) in [5.74, 6) is 0. The van der Waals surface area contributed by atoms with Gasteiger partial charge in [0.1, 0.15) is 6.29 Å². The van der Waals surface area contributed by atoms with Crippen molar-refractivity contribution in [3.63, 3.8) is 0 Å². The van der Waals surface area contributed by atoms with Gasteiger partial charge in [-0.3, -0.25) is 14.9 Å². The molecule has 6 nitrogen and oxygen atoms in total. The highest BCUT2D eigenvalue weighted by atomic mass is 35.7. The molecule has 0 heterocycles. The second kappa shape index (κ2) is 4.18. The van der Waals surface area contributed by atoms with Crippen LogP contribution in [0.4, 0.5) is 5.69 Å². The van der Waals surface area contributed by atoms with Crippen LogP contribution in [-0.4, -0.2) is 19.6 Å². The molecule has 0 saturated carbocycles. The molecule has 1 rings (SSSR count). The summed E-state index contributed by atoms with van der Waals surface area (Å²) >= 11 is 0. The van der Waals surface area contributed by atoms with Gasteiger partial charge in [-0.15, -0.1) is 0 Å². The molecule has 0 atom stereocenters. The zero-order chi connectivity index (χ0) is 12.5. The molecule has 0 aliphatic heterocycles. The van der Waals surface area contributed by atoms with Crippen LogP contribution < -0.4 is 0 Å². The molecular weight excluding hydrogens is 258 g/mol. The molecule has 0 aliphatic rings. The van der Waals surface area contributed by atoms with Gasteiger partial charge >= 0.3 is 0 Å². The van der Waals surface area contributed by atoms with Crippen molar-refractivity contribution in [3.8, 4) is 0 Å². The van der Waals surface area contributed by atoms with Gasteiger partial charge in [-0.05, 0) is 18.6 Å². The number of aldehydes is 1. The minimum atomic E-state index is -4.26. The van der Waals surface area contributed by atoms with Crippen molar-refractivity contribution in [2.24, 2.45) is 0 Å². The average molecular weight is 264 g/mol. The molecule has 0 saturated heterocycles. The van der Waals surface area contributed by atoms with Crippen LogP contribution in [0.2, 0.25) is 0 Å². The van der Waals surface area contributed by atoms with E-state index in [1.807, 2.05) is 0 Å². The summed E-state index contributed by atoms with van der Waals surface area (Å²) in [6.45, 7) is 1.46. The number of carbonyl (C=O) groups is 1. The molecule has 0 N–H and O–H groups in total. The largest absolute Gasteiger partial charge is 0.298 e. The number of hydrogen-bond acceptors (Lipinski definition) is 5. The van der Waals surface area contributed by atoms with Crippen LogP contribution in [0.15, 0.2) is 17.0 Å². The summed E-state index contributed by atoms with van der Waals surface area (Å²) in [4.78, 5) is 19.7. The van der Waals surface area contributed by atoms with Crippen LogP contribution in [0.3, 0.4) is 0 Å². The third-order valence-electron chi connectivity index (χ3n) is 1.93. The van der Waals surface area contributed by atoms with E-state index in [2.05, 4.69) is 0 Å². The van der Waals surface area contributed by atoms with Gasteiger partial charge in [0.15, 0.2) is 4.90 Å². The Morgan fingerprint density at radius 2 is 2.00 bits per heavy atom. The van der Waals surface area contributed by atoms with Crippen molar-refractivity contribution in [1.29, 1.82) is 0 Å². The van der Waals surface area contributed by atoms with Gasteiger partial charge in [-0.1, -0.05) is 0 Å². The lowest BCUT2D eigenvalue weighted by molar-refractivity contribution is -0.387. The van der Waals surface area contributed by atoms with Gasteiger partial charge < -0.3 is 0 Å². The highest BCUT2D eigenvalue weighted by molar-refractivity contribution is 8.13. The van der Waals surface area contributed by atoms with Crippen LogP contribution in [-0.2, 0) is 9.05 Å². The van der Waals surface area contributed by atoms with Gasteiger partial charge in [-0.25, -0.2) is 8.42 Å². The maximum Gasteiger partial charge on any atom is 0.289 e. The van der Waals surface area contributed by atoms with E-state index in [1.165, 1.54) is 6.92 Å². The van der Waals surface area contributed by atoms with Crippen LogP contribution >= 0.6 is 10.7 Å². The quantitative estimate of drug-likeness (QED) is 0.358. The van der Waals surface area contributed by atoms with Gasteiger partial charge in [-0.2, -0.15) is 0 Å². The molecule has 16 heavy (non-hydrogen) atoms. The van der Waals surface area contributed by atoms with E-state index >= 15 is 0 Å². The SMILES string of the molecule is Cc1cc([N+](=O)[O-])c(S(=O)(=O)Cl)cc1C=O. The number of carbonyl (C=O) groups excluding carboxylic acids is 1. The van der Waals surface area contributed by atoms with E-state index in [4.69, 9.17) is 10.7 Å². The standard InChI is InChI=1S/C8H6ClNO5S/c1-5-2-7(10(12)13)8(16(9,14)15)3-6(5)4-11/h2-4H,1H3. The first-order valence-corrected chi connectivity index (χ1v) is 6.27. The van der Waals surface area contributed by atoms with Gasteiger partial charge in [0.25, 0.3) is 14.7 Å². The number of hydrogen-bond donors (Lipinski definition) is 0. The van der Waals surface area contributed by atoms with E-state index in [9.17, 15) is 23.3 Å². The number of nitro groups is 1. The van der Waals surface area contributed by atoms with Crippen LogP contribution in [0.1, 0.15) is 15.9 Å². The number of nitro benzene ring substituents is 1. The number of aryl methyl sites for hydroxylation is 1. The van der Waals surface area contributed by atoms with Gasteiger partial charge in [0.2, 0.25) is 0 Å². The molecule has 0 aromatic heterocycles. The molecule has 0 amide bonds. The van der Waals surface area contributed by atoms with Crippen LogP contribution in [0, 0.1) is 17.0 Å². The molecule has 1 aromatic carbocycles. The summed E-state index contributed by atoms with van der Waals surface area (Å²) in [7, 11) is 0.785. The first-order valence-electron chi connectivity index (χ1n) is 3.96. The first-order chi connectivity index (χ1) is 7.27. The Morgan fingerprint density at radius 1 is 1.44 bits per heavy atom. The monoisotopic (exact) mass is 263 g/mol. The predicted molar refractivity (Wildman–Crippen MR) is 56.3 cm³/mol. The van der Waals surface area contributed by atoms with E-state index in [-0.39, 0.29) is 5.56 Å². The highest BCUT2D eigenvalue weighted by Crippen LogP contribution is 2.29. The summed E-state index contributed by atoms with van der Waals surface area (Å²) in [5, 5.41) is 10.6. The summed E-state index contributed by atoms with van der Waals surface area (Å²) < 4.78 is 22.2. The maximum atomic E-state index is 11.1. The van der Waals surface area contributed by atoms with E-state index < -0.39 is 24.6 Å². The van der Waals surface area contributed by atoms with Crippen molar-refractivity contribution in [2.75, 3.05) is 0 Å². The smallest absolute Gasteiger partial charge is 0.289 e. The minimum Gasteiger partial charge on any atom is -0.298 e. The Kier molecular flexibility index (Phi) is 3.30. The zero-order valence-corrected chi connectivity index (χ0v) is 9.58. The molecule has 1 aromatic rings. The van der Waals surface area contributed by atoms with Crippen molar-refractivity contribution in [3.05, 3.63) is 33.4 Å². The lowest BCUT2D eigenvalue weighted by Gasteiger charge is -2.03. The molecule has 0 fully saturated rings. The molecule has 0 bridgehead atoms. The topological polar surface area (TPSA) is 94.3 Å². The maximum absolute atomic E-state index is 11.1. The van der Waals surface area contributed by atoms with Crippen molar-refractivity contribution >= 4 is 31.7 Å².